The van der Waals surface area contributed by atoms with Gasteiger partial charge in [-0.3, -0.25) is 0 Å². The summed E-state index contributed by atoms with van der Waals surface area (Å²) in [6.07, 6.45) is -0.519. The van der Waals surface area contributed by atoms with E-state index in [2.05, 4.69) is 0 Å². The van der Waals surface area contributed by atoms with Gasteiger partial charge in [0.05, 0.1) is 19.8 Å². The number of thioether (sulfide) groups is 1. The summed E-state index contributed by atoms with van der Waals surface area (Å²) in [5.41, 5.74) is 0.844. The SMILES string of the molecule is COc1cccc(C(O)CSC(C)CO)c1. The van der Waals surface area contributed by atoms with Gasteiger partial charge in [0.15, 0.2) is 0 Å². The first kappa shape index (κ1) is 13.4. The highest BCUT2D eigenvalue weighted by Crippen LogP contribution is 2.23. The molecule has 1 rings (SSSR count). The van der Waals surface area contributed by atoms with Gasteiger partial charge >= 0.3 is 0 Å². The Morgan fingerprint density at radius 2 is 2.19 bits per heavy atom. The molecule has 0 aliphatic heterocycles. The first-order valence-corrected chi connectivity index (χ1v) is 6.26. The standard InChI is InChI=1S/C12H18O3S/c1-9(7-13)16-8-12(14)10-4-3-5-11(6-10)15-2/h3-6,9,12-14H,7-8H2,1-2H3. The second-order valence-corrected chi connectivity index (χ2v) is 5.09. The van der Waals surface area contributed by atoms with E-state index in [4.69, 9.17) is 9.84 Å². The van der Waals surface area contributed by atoms with Crippen molar-refractivity contribution in [1.29, 1.82) is 0 Å². The van der Waals surface area contributed by atoms with E-state index in [1.807, 2.05) is 31.2 Å². The predicted octanol–water partition coefficient (Wildman–Crippen LogP) is 1.84. The van der Waals surface area contributed by atoms with Gasteiger partial charge in [-0.2, -0.15) is 11.8 Å². The molecule has 2 atom stereocenters. The van der Waals surface area contributed by atoms with Gasteiger partial charge in [0.2, 0.25) is 0 Å². The van der Waals surface area contributed by atoms with Gasteiger partial charge in [-0.25, -0.2) is 0 Å². The van der Waals surface area contributed by atoms with E-state index in [0.717, 1.165) is 11.3 Å². The van der Waals surface area contributed by atoms with Crippen molar-refractivity contribution in [3.63, 3.8) is 0 Å². The molecule has 0 aliphatic rings. The Morgan fingerprint density at radius 1 is 1.44 bits per heavy atom. The van der Waals surface area contributed by atoms with Crippen LogP contribution in [0.1, 0.15) is 18.6 Å². The lowest BCUT2D eigenvalue weighted by Gasteiger charge is -2.14. The fraction of sp³-hybridized carbons (Fsp3) is 0.500. The van der Waals surface area contributed by atoms with Crippen LogP contribution in [0.3, 0.4) is 0 Å². The lowest BCUT2D eigenvalue weighted by Crippen LogP contribution is -2.08. The van der Waals surface area contributed by atoms with Crippen molar-refractivity contribution in [2.24, 2.45) is 0 Å². The molecule has 4 heteroatoms. The molecular formula is C12H18O3S. The average molecular weight is 242 g/mol. The highest BCUT2D eigenvalue weighted by molar-refractivity contribution is 7.99. The summed E-state index contributed by atoms with van der Waals surface area (Å²) in [7, 11) is 1.61. The predicted molar refractivity (Wildman–Crippen MR) is 67.0 cm³/mol. The third-order valence-electron chi connectivity index (χ3n) is 2.27. The smallest absolute Gasteiger partial charge is 0.119 e. The summed E-state index contributed by atoms with van der Waals surface area (Å²) in [5, 5.41) is 19.0. The van der Waals surface area contributed by atoms with E-state index < -0.39 is 6.10 Å². The van der Waals surface area contributed by atoms with E-state index in [9.17, 15) is 5.11 Å². The van der Waals surface area contributed by atoms with Crippen LogP contribution >= 0.6 is 11.8 Å². The number of aliphatic hydroxyl groups excluding tert-OH is 2. The van der Waals surface area contributed by atoms with Gasteiger partial charge in [-0.1, -0.05) is 19.1 Å². The van der Waals surface area contributed by atoms with E-state index in [1.54, 1.807) is 18.9 Å². The number of methoxy groups -OCH3 is 1. The quantitative estimate of drug-likeness (QED) is 0.799. The van der Waals surface area contributed by atoms with Crippen LogP contribution in [0, 0.1) is 0 Å². The van der Waals surface area contributed by atoms with Gasteiger partial charge in [-0.15, -0.1) is 0 Å². The third kappa shape index (κ3) is 4.04. The zero-order valence-electron chi connectivity index (χ0n) is 9.59. The molecule has 1 aromatic rings. The molecule has 0 aromatic heterocycles. The molecule has 0 fully saturated rings. The van der Waals surface area contributed by atoms with Crippen molar-refractivity contribution >= 4 is 11.8 Å². The molecule has 0 saturated carbocycles. The van der Waals surface area contributed by atoms with Crippen molar-refractivity contribution in [3.8, 4) is 5.75 Å². The van der Waals surface area contributed by atoms with Crippen molar-refractivity contribution in [2.75, 3.05) is 19.5 Å². The maximum absolute atomic E-state index is 9.93. The topological polar surface area (TPSA) is 49.7 Å². The van der Waals surface area contributed by atoms with Crippen molar-refractivity contribution in [1.82, 2.24) is 0 Å². The highest BCUT2D eigenvalue weighted by atomic mass is 32.2. The Kier molecular flexibility index (Phi) is 5.66. The number of ether oxygens (including phenoxy) is 1. The summed E-state index contributed by atoms with van der Waals surface area (Å²) >= 11 is 1.55. The lowest BCUT2D eigenvalue weighted by molar-refractivity contribution is 0.203. The number of benzene rings is 1. The normalized spacial score (nSPS) is 14.5. The molecule has 0 spiro atoms. The van der Waals surface area contributed by atoms with Crippen molar-refractivity contribution in [3.05, 3.63) is 29.8 Å². The molecule has 90 valence electrons. The Labute approximate surface area is 100 Å². The number of aliphatic hydroxyl groups is 2. The highest BCUT2D eigenvalue weighted by Gasteiger charge is 2.10. The molecule has 0 bridgehead atoms. The monoisotopic (exact) mass is 242 g/mol. The minimum absolute atomic E-state index is 0.134. The Morgan fingerprint density at radius 3 is 2.81 bits per heavy atom. The number of hydrogen-bond acceptors (Lipinski definition) is 4. The van der Waals surface area contributed by atoms with Crippen LogP contribution in [0.25, 0.3) is 0 Å². The van der Waals surface area contributed by atoms with Crippen molar-refractivity contribution in [2.45, 2.75) is 18.3 Å². The Bertz CT molecular complexity index is 317. The fourth-order valence-corrected chi connectivity index (χ4v) is 2.06. The van der Waals surface area contributed by atoms with Crippen LogP contribution < -0.4 is 4.74 Å². The molecule has 0 saturated heterocycles. The molecular weight excluding hydrogens is 224 g/mol. The fourth-order valence-electron chi connectivity index (χ4n) is 1.25. The molecule has 0 amide bonds. The third-order valence-corrected chi connectivity index (χ3v) is 3.50. The van der Waals surface area contributed by atoms with Gasteiger partial charge in [0, 0.05) is 11.0 Å². The van der Waals surface area contributed by atoms with E-state index >= 15 is 0 Å². The van der Waals surface area contributed by atoms with Crippen LogP contribution in [-0.2, 0) is 0 Å². The maximum atomic E-state index is 9.93. The average Bonchev–Trinajstić information content (AvgIpc) is 2.35. The second kappa shape index (κ2) is 6.78. The summed E-state index contributed by atoms with van der Waals surface area (Å²) in [6, 6.07) is 7.41. The summed E-state index contributed by atoms with van der Waals surface area (Å²) < 4.78 is 5.09. The van der Waals surface area contributed by atoms with Gasteiger partial charge in [-0.05, 0) is 17.7 Å². The molecule has 16 heavy (non-hydrogen) atoms. The Hall–Kier alpha value is -0.710. The zero-order valence-corrected chi connectivity index (χ0v) is 10.4. The molecule has 2 unspecified atom stereocenters. The van der Waals surface area contributed by atoms with Crippen LogP contribution in [0.15, 0.2) is 24.3 Å². The van der Waals surface area contributed by atoms with Crippen molar-refractivity contribution < 1.29 is 14.9 Å². The van der Waals surface area contributed by atoms with Crippen LogP contribution in [0.5, 0.6) is 5.75 Å². The zero-order chi connectivity index (χ0) is 12.0. The van der Waals surface area contributed by atoms with Gasteiger partial charge in [0.1, 0.15) is 5.75 Å². The molecule has 1 aromatic carbocycles. The summed E-state index contributed by atoms with van der Waals surface area (Å²) in [4.78, 5) is 0. The minimum atomic E-state index is -0.519. The van der Waals surface area contributed by atoms with Gasteiger partial charge < -0.3 is 14.9 Å². The lowest BCUT2D eigenvalue weighted by atomic mass is 10.1. The van der Waals surface area contributed by atoms with Crippen LogP contribution in [0.4, 0.5) is 0 Å². The molecule has 2 N–H and O–H groups in total. The van der Waals surface area contributed by atoms with E-state index in [0.29, 0.717) is 5.75 Å². The van der Waals surface area contributed by atoms with E-state index in [-0.39, 0.29) is 11.9 Å². The van der Waals surface area contributed by atoms with Crippen LogP contribution in [0.2, 0.25) is 0 Å². The summed E-state index contributed by atoms with van der Waals surface area (Å²) in [6.45, 7) is 2.07. The molecule has 0 radical (unpaired) electrons. The summed E-state index contributed by atoms with van der Waals surface area (Å²) in [5.74, 6) is 1.33. The second-order valence-electron chi connectivity index (χ2n) is 3.62. The van der Waals surface area contributed by atoms with Crippen LogP contribution in [-0.4, -0.2) is 34.9 Å². The molecule has 3 nitrogen and oxygen atoms in total. The molecule has 0 heterocycles. The number of rotatable bonds is 6. The minimum Gasteiger partial charge on any atom is -0.497 e. The maximum Gasteiger partial charge on any atom is 0.119 e. The number of hydrogen-bond donors (Lipinski definition) is 2. The first-order valence-electron chi connectivity index (χ1n) is 5.22. The largest absolute Gasteiger partial charge is 0.497 e. The van der Waals surface area contributed by atoms with Gasteiger partial charge in [0.25, 0.3) is 0 Å². The van der Waals surface area contributed by atoms with E-state index in [1.165, 1.54) is 0 Å². The Balaban J connectivity index is 2.54. The first-order chi connectivity index (χ1) is 7.67. The molecule has 0 aliphatic carbocycles.